The van der Waals surface area contributed by atoms with Gasteiger partial charge in [0.2, 0.25) is 0 Å². The molecule has 0 spiro atoms. The smallest absolute Gasteiger partial charge is 0.133 e. The van der Waals surface area contributed by atoms with Crippen LogP contribution in [0.3, 0.4) is 0 Å². The second-order valence-corrected chi connectivity index (χ2v) is 6.34. The zero-order valence-electron chi connectivity index (χ0n) is 12.9. The van der Waals surface area contributed by atoms with E-state index in [0.29, 0.717) is 0 Å². The first kappa shape index (κ1) is 17.0. The van der Waals surface area contributed by atoms with Crippen molar-refractivity contribution in [1.82, 2.24) is 5.32 Å². The molecule has 4 heteroatoms. The van der Waals surface area contributed by atoms with E-state index in [-0.39, 0.29) is 11.9 Å². The molecule has 22 heavy (non-hydrogen) atoms. The molecule has 2 aromatic carbocycles. The quantitative estimate of drug-likeness (QED) is 0.717. The van der Waals surface area contributed by atoms with E-state index in [2.05, 4.69) is 33.4 Å². The number of benzene rings is 2. The van der Waals surface area contributed by atoms with Crippen LogP contribution in [0.15, 0.2) is 46.9 Å². The maximum Gasteiger partial charge on any atom is 0.133 e. The van der Waals surface area contributed by atoms with Crippen LogP contribution in [-0.4, -0.2) is 12.6 Å². The highest BCUT2D eigenvalue weighted by atomic mass is 79.9. The van der Waals surface area contributed by atoms with Crippen LogP contribution in [0.4, 0.5) is 4.39 Å². The number of hydrogen-bond donors (Lipinski definition) is 1. The lowest BCUT2D eigenvalue weighted by atomic mass is 10.1. The summed E-state index contributed by atoms with van der Waals surface area (Å²) in [6, 6.07) is 12.8. The van der Waals surface area contributed by atoms with Crippen LogP contribution in [0, 0.1) is 5.82 Å². The van der Waals surface area contributed by atoms with Crippen molar-refractivity contribution in [3.05, 3.63) is 63.9 Å². The molecule has 118 valence electrons. The topological polar surface area (TPSA) is 21.3 Å². The van der Waals surface area contributed by atoms with Gasteiger partial charge in [-0.25, -0.2) is 4.39 Å². The Hall–Kier alpha value is -1.39. The fourth-order valence-electron chi connectivity index (χ4n) is 2.12. The average molecular weight is 366 g/mol. The van der Waals surface area contributed by atoms with E-state index in [9.17, 15) is 4.39 Å². The summed E-state index contributed by atoms with van der Waals surface area (Å²) in [5.41, 5.74) is 2.33. The molecule has 0 aliphatic carbocycles. The number of hydrogen-bond acceptors (Lipinski definition) is 2. The summed E-state index contributed by atoms with van der Waals surface area (Å²) in [7, 11) is 0. The summed E-state index contributed by atoms with van der Waals surface area (Å²) in [5.74, 6) is 0.676. The van der Waals surface area contributed by atoms with Crippen LogP contribution < -0.4 is 10.1 Å². The van der Waals surface area contributed by atoms with Gasteiger partial charge in [-0.15, -0.1) is 0 Å². The molecule has 0 unspecified atom stereocenters. The summed E-state index contributed by atoms with van der Waals surface area (Å²) >= 11 is 3.54. The fraction of sp³-hybridized carbons (Fsp3) is 0.333. The highest BCUT2D eigenvalue weighted by Gasteiger charge is 2.04. The second kappa shape index (κ2) is 8.30. The molecule has 0 saturated carbocycles. The molecule has 0 heterocycles. The lowest BCUT2D eigenvalue weighted by Gasteiger charge is -2.13. The molecule has 1 N–H and O–H groups in total. The van der Waals surface area contributed by atoms with Gasteiger partial charge in [0.15, 0.2) is 0 Å². The Morgan fingerprint density at radius 2 is 1.77 bits per heavy atom. The molecule has 2 rings (SSSR count). The summed E-state index contributed by atoms with van der Waals surface area (Å²) in [6.07, 6.45) is 1.05. The third-order valence-electron chi connectivity index (χ3n) is 3.19. The minimum atomic E-state index is -0.190. The van der Waals surface area contributed by atoms with Crippen molar-refractivity contribution in [2.24, 2.45) is 0 Å². The SMILES string of the molecule is CC(C)Oc1ccc(CNCCc2ccc(F)cc2)cc1Br. The molecule has 0 atom stereocenters. The van der Waals surface area contributed by atoms with Gasteiger partial charge in [0.05, 0.1) is 10.6 Å². The maximum absolute atomic E-state index is 12.8. The normalized spacial score (nSPS) is 11.0. The average Bonchev–Trinajstić information content (AvgIpc) is 2.48. The van der Waals surface area contributed by atoms with Gasteiger partial charge < -0.3 is 10.1 Å². The molecular weight excluding hydrogens is 345 g/mol. The molecule has 0 radical (unpaired) electrons. The van der Waals surface area contributed by atoms with Gasteiger partial charge in [-0.1, -0.05) is 18.2 Å². The van der Waals surface area contributed by atoms with Crippen LogP contribution in [-0.2, 0) is 13.0 Å². The Labute approximate surface area is 139 Å². The summed E-state index contributed by atoms with van der Waals surface area (Å²) < 4.78 is 19.5. The van der Waals surface area contributed by atoms with Crippen molar-refractivity contribution < 1.29 is 9.13 Å². The molecule has 2 nitrogen and oxygen atoms in total. The molecule has 0 amide bonds. The second-order valence-electron chi connectivity index (χ2n) is 5.48. The predicted octanol–water partition coefficient (Wildman–Crippen LogP) is 4.71. The zero-order chi connectivity index (χ0) is 15.9. The Bertz CT molecular complexity index is 599. The van der Waals surface area contributed by atoms with Gasteiger partial charge in [-0.3, -0.25) is 0 Å². The largest absolute Gasteiger partial charge is 0.490 e. The van der Waals surface area contributed by atoms with Crippen molar-refractivity contribution >= 4 is 15.9 Å². The molecular formula is C18H21BrFNO. The first-order valence-electron chi connectivity index (χ1n) is 7.45. The summed E-state index contributed by atoms with van der Waals surface area (Å²) in [5, 5.41) is 3.40. The predicted molar refractivity (Wildman–Crippen MR) is 91.7 cm³/mol. The van der Waals surface area contributed by atoms with Crippen molar-refractivity contribution in [2.45, 2.75) is 32.9 Å². The van der Waals surface area contributed by atoms with Crippen LogP contribution in [0.25, 0.3) is 0 Å². The van der Waals surface area contributed by atoms with Crippen LogP contribution in [0.1, 0.15) is 25.0 Å². The first-order chi connectivity index (χ1) is 10.5. The van der Waals surface area contributed by atoms with Gasteiger partial charge in [0, 0.05) is 6.54 Å². The Kier molecular flexibility index (Phi) is 6.40. The number of halogens is 2. The van der Waals surface area contributed by atoms with E-state index in [0.717, 1.165) is 35.3 Å². The van der Waals surface area contributed by atoms with Gasteiger partial charge in [0.1, 0.15) is 11.6 Å². The third-order valence-corrected chi connectivity index (χ3v) is 3.81. The minimum absolute atomic E-state index is 0.163. The monoisotopic (exact) mass is 365 g/mol. The van der Waals surface area contributed by atoms with E-state index < -0.39 is 0 Å². The maximum atomic E-state index is 12.8. The zero-order valence-corrected chi connectivity index (χ0v) is 14.5. The third kappa shape index (κ3) is 5.43. The van der Waals surface area contributed by atoms with Crippen molar-refractivity contribution in [2.75, 3.05) is 6.54 Å². The molecule has 0 bridgehead atoms. The highest BCUT2D eigenvalue weighted by Crippen LogP contribution is 2.26. The van der Waals surface area contributed by atoms with E-state index in [1.807, 2.05) is 32.0 Å². The number of ether oxygens (including phenoxy) is 1. The van der Waals surface area contributed by atoms with E-state index in [4.69, 9.17) is 4.74 Å². The van der Waals surface area contributed by atoms with Gasteiger partial charge >= 0.3 is 0 Å². The molecule has 0 aliphatic rings. The molecule has 0 aromatic heterocycles. The first-order valence-corrected chi connectivity index (χ1v) is 8.24. The lowest BCUT2D eigenvalue weighted by Crippen LogP contribution is -2.16. The van der Waals surface area contributed by atoms with E-state index >= 15 is 0 Å². The Morgan fingerprint density at radius 3 is 2.41 bits per heavy atom. The van der Waals surface area contributed by atoms with Crippen molar-refractivity contribution in [1.29, 1.82) is 0 Å². The molecule has 0 aliphatic heterocycles. The van der Waals surface area contributed by atoms with Crippen LogP contribution >= 0.6 is 15.9 Å². The Balaban J connectivity index is 1.79. The molecule has 2 aromatic rings. The van der Waals surface area contributed by atoms with Crippen LogP contribution in [0.5, 0.6) is 5.75 Å². The molecule has 0 saturated heterocycles. The number of nitrogens with one attached hydrogen (secondary N) is 1. The van der Waals surface area contributed by atoms with E-state index in [1.165, 1.54) is 17.7 Å². The lowest BCUT2D eigenvalue weighted by molar-refractivity contribution is 0.241. The van der Waals surface area contributed by atoms with Crippen LogP contribution in [0.2, 0.25) is 0 Å². The summed E-state index contributed by atoms with van der Waals surface area (Å²) in [4.78, 5) is 0. The van der Waals surface area contributed by atoms with Gasteiger partial charge in [-0.05, 0) is 78.1 Å². The highest BCUT2D eigenvalue weighted by molar-refractivity contribution is 9.10. The fourth-order valence-corrected chi connectivity index (χ4v) is 2.64. The minimum Gasteiger partial charge on any atom is -0.490 e. The summed E-state index contributed by atoms with van der Waals surface area (Å²) in [6.45, 7) is 5.67. The standard InChI is InChI=1S/C18H21BrFNO/c1-13(2)22-18-8-5-15(11-17(18)19)12-21-10-9-14-3-6-16(20)7-4-14/h3-8,11,13,21H,9-10,12H2,1-2H3. The van der Waals surface area contributed by atoms with Crippen molar-refractivity contribution in [3.8, 4) is 5.75 Å². The number of rotatable bonds is 7. The van der Waals surface area contributed by atoms with Gasteiger partial charge in [0.25, 0.3) is 0 Å². The van der Waals surface area contributed by atoms with Crippen molar-refractivity contribution in [3.63, 3.8) is 0 Å². The van der Waals surface area contributed by atoms with Gasteiger partial charge in [-0.2, -0.15) is 0 Å². The Morgan fingerprint density at radius 1 is 1.09 bits per heavy atom. The van der Waals surface area contributed by atoms with E-state index in [1.54, 1.807) is 0 Å². The molecule has 0 fully saturated rings.